The molecule has 1 aromatic carbocycles. The van der Waals surface area contributed by atoms with E-state index >= 15 is 0 Å². The maximum atomic E-state index is 12.2. The zero-order valence-corrected chi connectivity index (χ0v) is 14.6. The molecule has 0 saturated heterocycles. The Kier molecular flexibility index (Phi) is 5.48. The van der Waals surface area contributed by atoms with Crippen LogP contribution in [0, 0.1) is 0 Å². The first-order valence-corrected chi connectivity index (χ1v) is 8.22. The molecule has 5 nitrogen and oxygen atoms in total. The molecule has 0 radical (unpaired) electrons. The maximum Gasteiger partial charge on any atom is 0.253 e. The van der Waals surface area contributed by atoms with Crippen LogP contribution < -0.4 is 10.6 Å². The molecule has 0 spiro atoms. The average Bonchev–Trinajstić information content (AvgIpc) is 2.63. The molecule has 0 saturated carbocycles. The molecule has 1 amide bonds. The van der Waals surface area contributed by atoms with Gasteiger partial charge in [0, 0.05) is 30.2 Å². The highest BCUT2D eigenvalue weighted by Gasteiger charge is 2.07. The van der Waals surface area contributed by atoms with E-state index in [1.165, 1.54) is 6.20 Å². The number of benzene rings is 1. The number of nitrogens with zero attached hydrogens (tertiary/aromatic N) is 2. The van der Waals surface area contributed by atoms with Crippen LogP contribution in [0.2, 0.25) is 10.0 Å². The molecule has 0 aliphatic carbocycles. The fraction of sp³-hybridized carbons (Fsp3) is 0.0556. The summed E-state index contributed by atoms with van der Waals surface area (Å²) < 4.78 is 0. The molecule has 2 N–H and O–H groups in total. The number of halogens is 2. The van der Waals surface area contributed by atoms with E-state index in [0.29, 0.717) is 33.7 Å². The second-order valence-corrected chi connectivity index (χ2v) is 6.06. The van der Waals surface area contributed by atoms with Gasteiger partial charge >= 0.3 is 0 Å². The first kappa shape index (κ1) is 17.2. The van der Waals surface area contributed by atoms with E-state index in [2.05, 4.69) is 20.6 Å². The van der Waals surface area contributed by atoms with Gasteiger partial charge in [0.1, 0.15) is 5.82 Å². The second kappa shape index (κ2) is 7.96. The Morgan fingerprint density at radius 2 is 1.84 bits per heavy atom. The third-order valence-corrected chi connectivity index (χ3v) is 3.97. The fourth-order valence-electron chi connectivity index (χ4n) is 2.12. The largest absolute Gasteiger partial charge is 0.348 e. The van der Waals surface area contributed by atoms with E-state index in [1.807, 2.05) is 12.1 Å². The zero-order chi connectivity index (χ0) is 17.6. The van der Waals surface area contributed by atoms with E-state index in [9.17, 15) is 4.79 Å². The Morgan fingerprint density at radius 1 is 1.04 bits per heavy atom. The number of aromatic nitrogens is 2. The number of hydrogen-bond donors (Lipinski definition) is 2. The topological polar surface area (TPSA) is 66.9 Å². The van der Waals surface area contributed by atoms with Crippen LogP contribution in [0.4, 0.5) is 11.5 Å². The van der Waals surface area contributed by atoms with Crippen molar-refractivity contribution in [3.8, 4) is 0 Å². The standard InChI is InChI=1S/C18H14Cl2N4O/c19-14-2-3-16(15(20)9-14)24-17-4-1-13(11-22-17)18(25)23-10-12-5-7-21-8-6-12/h1-9,11H,10H2,(H,22,24)(H,23,25). The minimum atomic E-state index is -0.194. The van der Waals surface area contributed by atoms with Crippen molar-refractivity contribution < 1.29 is 4.79 Å². The molecule has 25 heavy (non-hydrogen) atoms. The van der Waals surface area contributed by atoms with Crippen molar-refractivity contribution in [3.05, 3.63) is 82.2 Å². The van der Waals surface area contributed by atoms with Crippen molar-refractivity contribution in [1.82, 2.24) is 15.3 Å². The Hall–Kier alpha value is -2.63. The van der Waals surface area contributed by atoms with Crippen LogP contribution in [0.15, 0.2) is 61.1 Å². The Morgan fingerprint density at radius 3 is 2.52 bits per heavy atom. The highest BCUT2D eigenvalue weighted by Crippen LogP contribution is 2.27. The van der Waals surface area contributed by atoms with Crippen LogP contribution in [0.1, 0.15) is 15.9 Å². The van der Waals surface area contributed by atoms with Crippen molar-refractivity contribution in [3.63, 3.8) is 0 Å². The predicted octanol–water partition coefficient (Wildman–Crippen LogP) is 4.46. The van der Waals surface area contributed by atoms with Gasteiger partial charge < -0.3 is 10.6 Å². The predicted molar refractivity (Wildman–Crippen MR) is 99.4 cm³/mol. The minimum Gasteiger partial charge on any atom is -0.348 e. The van der Waals surface area contributed by atoms with Crippen molar-refractivity contribution in [2.24, 2.45) is 0 Å². The molecule has 0 aliphatic rings. The highest BCUT2D eigenvalue weighted by molar-refractivity contribution is 6.36. The lowest BCUT2D eigenvalue weighted by molar-refractivity contribution is 0.0950. The first-order valence-electron chi connectivity index (χ1n) is 7.47. The number of hydrogen-bond acceptors (Lipinski definition) is 4. The normalized spacial score (nSPS) is 10.3. The summed E-state index contributed by atoms with van der Waals surface area (Å²) in [6, 6.07) is 12.3. The Balaban J connectivity index is 1.62. The number of rotatable bonds is 5. The van der Waals surface area contributed by atoms with Crippen molar-refractivity contribution in [1.29, 1.82) is 0 Å². The summed E-state index contributed by atoms with van der Waals surface area (Å²) in [5, 5.41) is 6.97. The van der Waals surface area contributed by atoms with Gasteiger partial charge in [0.15, 0.2) is 0 Å². The van der Waals surface area contributed by atoms with Crippen LogP contribution in [0.5, 0.6) is 0 Å². The quantitative estimate of drug-likeness (QED) is 0.693. The molecule has 0 aliphatic heterocycles. The lowest BCUT2D eigenvalue weighted by Gasteiger charge is -2.09. The van der Waals surface area contributed by atoms with Gasteiger partial charge in [0.2, 0.25) is 0 Å². The lowest BCUT2D eigenvalue weighted by Crippen LogP contribution is -2.22. The van der Waals surface area contributed by atoms with Crippen LogP contribution in [-0.2, 0) is 6.54 Å². The molecular formula is C18H14Cl2N4O. The van der Waals surface area contributed by atoms with Gasteiger partial charge in [-0.25, -0.2) is 4.98 Å². The highest BCUT2D eigenvalue weighted by atomic mass is 35.5. The molecular weight excluding hydrogens is 359 g/mol. The Bertz CT molecular complexity index is 870. The number of amides is 1. The molecule has 0 bridgehead atoms. The molecule has 0 unspecified atom stereocenters. The first-order chi connectivity index (χ1) is 12.1. The molecule has 2 aromatic heterocycles. The van der Waals surface area contributed by atoms with Gasteiger partial charge in [-0.3, -0.25) is 9.78 Å². The van der Waals surface area contributed by atoms with Gasteiger partial charge in [-0.2, -0.15) is 0 Å². The van der Waals surface area contributed by atoms with Crippen molar-refractivity contribution in [2.45, 2.75) is 6.54 Å². The molecule has 126 valence electrons. The van der Waals surface area contributed by atoms with Crippen LogP contribution in [0.25, 0.3) is 0 Å². The van der Waals surface area contributed by atoms with Crippen LogP contribution in [0.3, 0.4) is 0 Å². The molecule has 7 heteroatoms. The lowest BCUT2D eigenvalue weighted by atomic mass is 10.2. The maximum absolute atomic E-state index is 12.2. The van der Waals surface area contributed by atoms with Gasteiger partial charge in [-0.05, 0) is 48.0 Å². The van der Waals surface area contributed by atoms with E-state index in [-0.39, 0.29) is 5.91 Å². The number of anilines is 2. The van der Waals surface area contributed by atoms with Crippen molar-refractivity contribution >= 4 is 40.6 Å². The smallest absolute Gasteiger partial charge is 0.253 e. The Labute approximate surface area is 155 Å². The van der Waals surface area contributed by atoms with E-state index in [1.54, 1.807) is 42.7 Å². The molecule has 0 fully saturated rings. The van der Waals surface area contributed by atoms with E-state index in [0.717, 1.165) is 5.56 Å². The second-order valence-electron chi connectivity index (χ2n) is 5.22. The fourth-order valence-corrected chi connectivity index (χ4v) is 2.57. The van der Waals surface area contributed by atoms with E-state index < -0.39 is 0 Å². The molecule has 3 aromatic rings. The molecule has 3 rings (SSSR count). The number of nitrogens with one attached hydrogen (secondary N) is 2. The third kappa shape index (κ3) is 4.68. The van der Waals surface area contributed by atoms with Crippen LogP contribution >= 0.6 is 23.2 Å². The molecule has 2 heterocycles. The van der Waals surface area contributed by atoms with Gasteiger partial charge in [0.05, 0.1) is 16.3 Å². The zero-order valence-electron chi connectivity index (χ0n) is 13.0. The van der Waals surface area contributed by atoms with Gasteiger partial charge in [0.25, 0.3) is 5.91 Å². The summed E-state index contributed by atoms with van der Waals surface area (Å²) in [5.41, 5.74) is 2.14. The van der Waals surface area contributed by atoms with E-state index in [4.69, 9.17) is 23.2 Å². The number of pyridine rings is 2. The van der Waals surface area contributed by atoms with Gasteiger partial charge in [-0.15, -0.1) is 0 Å². The SMILES string of the molecule is O=C(NCc1ccncc1)c1ccc(Nc2ccc(Cl)cc2Cl)nc1. The summed E-state index contributed by atoms with van der Waals surface area (Å²) in [4.78, 5) is 20.3. The summed E-state index contributed by atoms with van der Waals surface area (Å²) >= 11 is 12.0. The monoisotopic (exact) mass is 372 g/mol. The summed E-state index contributed by atoms with van der Waals surface area (Å²) in [7, 11) is 0. The summed E-state index contributed by atoms with van der Waals surface area (Å²) in [6.45, 7) is 0.432. The van der Waals surface area contributed by atoms with Crippen LogP contribution in [-0.4, -0.2) is 15.9 Å². The molecule has 0 atom stereocenters. The van der Waals surface area contributed by atoms with Gasteiger partial charge in [-0.1, -0.05) is 23.2 Å². The number of carbonyl (C=O) groups excluding carboxylic acids is 1. The minimum absolute atomic E-state index is 0.194. The van der Waals surface area contributed by atoms with Crippen molar-refractivity contribution in [2.75, 3.05) is 5.32 Å². The number of carbonyl (C=O) groups is 1. The summed E-state index contributed by atoms with van der Waals surface area (Å²) in [5.74, 6) is 0.385. The summed E-state index contributed by atoms with van der Waals surface area (Å²) in [6.07, 6.45) is 4.88. The average molecular weight is 373 g/mol. The third-order valence-electron chi connectivity index (χ3n) is 3.42.